The summed E-state index contributed by atoms with van der Waals surface area (Å²) in [4.78, 5) is 2.10. The van der Waals surface area contributed by atoms with Crippen molar-refractivity contribution in [2.24, 2.45) is 0 Å². The van der Waals surface area contributed by atoms with Crippen LogP contribution in [-0.4, -0.2) is 37.5 Å². The summed E-state index contributed by atoms with van der Waals surface area (Å²) in [6.45, 7) is 2.67. The molecular weight excluding hydrogens is 140 g/mol. The molecule has 3 nitrogen and oxygen atoms in total. The van der Waals surface area contributed by atoms with Gasteiger partial charge in [-0.3, -0.25) is 5.41 Å². The molecule has 1 aliphatic rings. The minimum atomic E-state index is 0.738. The average Bonchev–Trinajstić information content (AvgIpc) is 2.03. The lowest BCUT2D eigenvalue weighted by molar-refractivity contribution is 0.171. The summed E-state index contributed by atoms with van der Waals surface area (Å²) in [5, 5.41) is 7.59. The molecule has 0 saturated carbocycles. The third-order valence-electron chi connectivity index (χ3n) is 2.04. The first-order valence-corrected chi connectivity index (χ1v) is 4.16. The zero-order valence-electron chi connectivity index (χ0n) is 7.10. The van der Waals surface area contributed by atoms with Gasteiger partial charge in [-0.05, 0) is 12.8 Å². The van der Waals surface area contributed by atoms with Gasteiger partial charge in [0.25, 0.3) is 0 Å². The minimum Gasteiger partial charge on any atom is -0.383 e. The molecule has 3 heteroatoms. The molecule has 1 fully saturated rings. The van der Waals surface area contributed by atoms with Gasteiger partial charge >= 0.3 is 0 Å². The number of nitrogens with zero attached hydrogens (tertiary/aromatic N) is 1. The lowest BCUT2D eigenvalue weighted by atomic mass is 10.1. The van der Waals surface area contributed by atoms with Crippen molar-refractivity contribution in [3.8, 4) is 0 Å². The molecule has 1 aliphatic heterocycles. The number of piperidine rings is 1. The largest absolute Gasteiger partial charge is 0.383 e. The van der Waals surface area contributed by atoms with Crippen molar-refractivity contribution in [2.75, 3.05) is 26.8 Å². The Hall–Kier alpha value is -0.570. The van der Waals surface area contributed by atoms with Crippen molar-refractivity contribution >= 4 is 5.84 Å². The molecule has 1 saturated heterocycles. The van der Waals surface area contributed by atoms with E-state index in [-0.39, 0.29) is 0 Å². The number of amidine groups is 1. The van der Waals surface area contributed by atoms with Crippen LogP contribution in [0.2, 0.25) is 0 Å². The van der Waals surface area contributed by atoms with E-state index in [0.717, 1.165) is 32.0 Å². The van der Waals surface area contributed by atoms with E-state index in [1.54, 1.807) is 7.11 Å². The molecule has 1 N–H and O–H groups in total. The fourth-order valence-corrected chi connectivity index (χ4v) is 1.34. The normalized spacial score (nSPS) is 19.0. The van der Waals surface area contributed by atoms with Gasteiger partial charge in [0, 0.05) is 26.6 Å². The van der Waals surface area contributed by atoms with Crippen LogP contribution in [-0.2, 0) is 4.74 Å². The summed E-state index contributed by atoms with van der Waals surface area (Å²) in [7, 11) is 1.70. The maximum Gasteiger partial charge on any atom is 0.0958 e. The molecular formula is C8H16N2O. The number of nitrogens with one attached hydrogen (secondary N) is 1. The van der Waals surface area contributed by atoms with E-state index < -0.39 is 0 Å². The third kappa shape index (κ3) is 2.50. The monoisotopic (exact) mass is 156 g/mol. The van der Waals surface area contributed by atoms with E-state index in [4.69, 9.17) is 10.1 Å². The van der Waals surface area contributed by atoms with Crippen molar-refractivity contribution in [3.63, 3.8) is 0 Å². The SMILES string of the molecule is COCCN1CCCCC1=N. The van der Waals surface area contributed by atoms with Crippen LogP contribution in [0.25, 0.3) is 0 Å². The molecule has 0 amide bonds. The highest BCUT2D eigenvalue weighted by Gasteiger charge is 2.13. The second-order valence-corrected chi connectivity index (χ2v) is 2.88. The Balaban J connectivity index is 2.24. The van der Waals surface area contributed by atoms with Crippen molar-refractivity contribution in [3.05, 3.63) is 0 Å². The molecule has 0 radical (unpaired) electrons. The van der Waals surface area contributed by atoms with Gasteiger partial charge in [-0.25, -0.2) is 0 Å². The van der Waals surface area contributed by atoms with Crippen LogP contribution in [0.15, 0.2) is 0 Å². The second-order valence-electron chi connectivity index (χ2n) is 2.88. The van der Waals surface area contributed by atoms with Crippen LogP contribution >= 0.6 is 0 Å². The molecule has 1 rings (SSSR count). The van der Waals surface area contributed by atoms with E-state index in [1.807, 2.05) is 0 Å². The Morgan fingerprint density at radius 1 is 1.55 bits per heavy atom. The highest BCUT2D eigenvalue weighted by atomic mass is 16.5. The summed E-state index contributed by atoms with van der Waals surface area (Å²) in [6.07, 6.45) is 3.36. The minimum absolute atomic E-state index is 0.738. The Kier molecular flexibility index (Phi) is 3.36. The van der Waals surface area contributed by atoms with E-state index >= 15 is 0 Å². The maximum absolute atomic E-state index is 7.59. The fraction of sp³-hybridized carbons (Fsp3) is 0.875. The molecule has 64 valence electrons. The van der Waals surface area contributed by atoms with Gasteiger partial charge in [-0.1, -0.05) is 0 Å². The highest BCUT2D eigenvalue weighted by Crippen LogP contribution is 2.09. The number of methoxy groups -OCH3 is 1. The molecule has 0 atom stereocenters. The van der Waals surface area contributed by atoms with Crippen LogP contribution in [0.4, 0.5) is 0 Å². The van der Waals surface area contributed by atoms with Crippen molar-refractivity contribution < 1.29 is 4.74 Å². The first-order valence-electron chi connectivity index (χ1n) is 4.16. The lowest BCUT2D eigenvalue weighted by Gasteiger charge is -2.28. The van der Waals surface area contributed by atoms with Gasteiger partial charge in [0.05, 0.1) is 12.4 Å². The van der Waals surface area contributed by atoms with E-state index in [2.05, 4.69) is 4.90 Å². The van der Waals surface area contributed by atoms with Crippen molar-refractivity contribution in [2.45, 2.75) is 19.3 Å². The number of hydrogen-bond donors (Lipinski definition) is 1. The highest BCUT2D eigenvalue weighted by molar-refractivity contribution is 5.79. The molecule has 0 aromatic rings. The topological polar surface area (TPSA) is 36.3 Å². The van der Waals surface area contributed by atoms with E-state index in [9.17, 15) is 0 Å². The lowest BCUT2D eigenvalue weighted by Crippen LogP contribution is -2.37. The maximum atomic E-state index is 7.59. The molecule has 1 heterocycles. The number of rotatable bonds is 3. The van der Waals surface area contributed by atoms with Gasteiger partial charge in [0.2, 0.25) is 0 Å². The van der Waals surface area contributed by atoms with Gasteiger partial charge in [0.1, 0.15) is 0 Å². The molecule has 0 spiro atoms. The van der Waals surface area contributed by atoms with Crippen LogP contribution in [0, 0.1) is 5.41 Å². The smallest absolute Gasteiger partial charge is 0.0958 e. The predicted molar refractivity (Wildman–Crippen MR) is 45.0 cm³/mol. The Labute approximate surface area is 67.8 Å². The molecule has 0 aromatic carbocycles. The summed E-state index contributed by atoms with van der Waals surface area (Å²) in [6, 6.07) is 0. The summed E-state index contributed by atoms with van der Waals surface area (Å²) >= 11 is 0. The average molecular weight is 156 g/mol. The molecule has 0 bridgehead atoms. The Morgan fingerprint density at radius 2 is 2.36 bits per heavy atom. The van der Waals surface area contributed by atoms with Crippen molar-refractivity contribution in [1.29, 1.82) is 5.41 Å². The van der Waals surface area contributed by atoms with Crippen LogP contribution in [0.1, 0.15) is 19.3 Å². The van der Waals surface area contributed by atoms with Crippen LogP contribution < -0.4 is 0 Å². The van der Waals surface area contributed by atoms with Crippen LogP contribution in [0.5, 0.6) is 0 Å². The standard InChI is InChI=1S/C8H16N2O/c1-11-7-6-10-5-3-2-4-8(10)9/h9H,2-7H2,1H3. The van der Waals surface area contributed by atoms with Crippen LogP contribution in [0.3, 0.4) is 0 Å². The predicted octanol–water partition coefficient (Wildman–Crippen LogP) is 1.10. The first-order chi connectivity index (χ1) is 5.34. The third-order valence-corrected chi connectivity index (χ3v) is 2.04. The second kappa shape index (κ2) is 4.34. The molecule has 0 unspecified atom stereocenters. The summed E-state index contributed by atoms with van der Waals surface area (Å²) in [5.41, 5.74) is 0. The fourth-order valence-electron chi connectivity index (χ4n) is 1.34. The number of ether oxygens (including phenoxy) is 1. The van der Waals surface area contributed by atoms with Gasteiger partial charge in [-0.2, -0.15) is 0 Å². The number of likely N-dealkylation sites (tertiary alicyclic amines) is 1. The molecule has 0 aliphatic carbocycles. The van der Waals surface area contributed by atoms with Crippen molar-refractivity contribution in [1.82, 2.24) is 4.90 Å². The van der Waals surface area contributed by atoms with E-state index in [0.29, 0.717) is 0 Å². The first kappa shape index (κ1) is 8.53. The van der Waals surface area contributed by atoms with E-state index in [1.165, 1.54) is 12.8 Å². The van der Waals surface area contributed by atoms with Gasteiger partial charge in [0.15, 0.2) is 0 Å². The van der Waals surface area contributed by atoms with Gasteiger partial charge < -0.3 is 9.64 Å². The quantitative estimate of drug-likeness (QED) is 0.664. The molecule has 0 aromatic heterocycles. The molecule has 11 heavy (non-hydrogen) atoms. The summed E-state index contributed by atoms with van der Waals surface area (Å²) in [5.74, 6) is 0.785. The Bertz CT molecular complexity index is 136. The summed E-state index contributed by atoms with van der Waals surface area (Å²) < 4.78 is 4.95. The van der Waals surface area contributed by atoms with Gasteiger partial charge in [-0.15, -0.1) is 0 Å². The number of hydrogen-bond acceptors (Lipinski definition) is 2. The zero-order chi connectivity index (χ0) is 8.10. The zero-order valence-corrected chi connectivity index (χ0v) is 7.10. The Morgan fingerprint density at radius 3 is 3.00 bits per heavy atom.